The van der Waals surface area contributed by atoms with Crippen LogP contribution in [0.5, 0.6) is 0 Å². The lowest BCUT2D eigenvalue weighted by molar-refractivity contribution is -0.125. The predicted molar refractivity (Wildman–Crippen MR) is 59.8 cm³/mol. The van der Waals surface area contributed by atoms with Crippen molar-refractivity contribution in [1.29, 1.82) is 0 Å². The van der Waals surface area contributed by atoms with Crippen molar-refractivity contribution in [3.63, 3.8) is 0 Å². The summed E-state index contributed by atoms with van der Waals surface area (Å²) in [6.07, 6.45) is 4.52. The summed E-state index contributed by atoms with van der Waals surface area (Å²) in [6.45, 7) is 1.79. The van der Waals surface area contributed by atoms with E-state index < -0.39 is 0 Å². The largest absolute Gasteiger partial charge is 0.354 e. The molecule has 0 spiro atoms. The zero-order valence-corrected chi connectivity index (χ0v) is 9.42. The van der Waals surface area contributed by atoms with E-state index >= 15 is 0 Å². The molecule has 3 N–H and O–H groups in total. The summed E-state index contributed by atoms with van der Waals surface area (Å²) >= 11 is 0. The molecule has 0 aliphatic carbocycles. The van der Waals surface area contributed by atoms with Gasteiger partial charge in [0, 0.05) is 19.0 Å². The van der Waals surface area contributed by atoms with Crippen LogP contribution < -0.4 is 16.0 Å². The van der Waals surface area contributed by atoms with E-state index in [9.17, 15) is 9.59 Å². The highest BCUT2D eigenvalue weighted by atomic mass is 16.2. The number of carbonyl (C=O) groups is 2. The van der Waals surface area contributed by atoms with Crippen LogP contribution in [0.2, 0.25) is 0 Å². The van der Waals surface area contributed by atoms with E-state index in [1.807, 2.05) is 0 Å². The Bertz CT molecular complexity index is 274. The van der Waals surface area contributed by atoms with E-state index in [1.54, 1.807) is 0 Å². The second-order valence-corrected chi connectivity index (χ2v) is 4.53. The van der Waals surface area contributed by atoms with Gasteiger partial charge in [-0.15, -0.1) is 0 Å². The minimum Gasteiger partial charge on any atom is -0.354 e. The summed E-state index contributed by atoms with van der Waals surface area (Å²) in [5, 5.41) is 8.93. The Morgan fingerprint density at radius 1 is 1.44 bits per heavy atom. The van der Waals surface area contributed by atoms with Crippen LogP contribution in [0.1, 0.15) is 32.1 Å². The van der Waals surface area contributed by atoms with Crippen molar-refractivity contribution >= 4 is 11.8 Å². The summed E-state index contributed by atoms with van der Waals surface area (Å²) in [4.78, 5) is 22.6. The van der Waals surface area contributed by atoms with Gasteiger partial charge in [0.1, 0.15) is 6.04 Å². The summed E-state index contributed by atoms with van der Waals surface area (Å²) < 4.78 is 0. The maximum Gasteiger partial charge on any atom is 0.242 e. The quantitative estimate of drug-likeness (QED) is 0.605. The van der Waals surface area contributed by atoms with Crippen LogP contribution in [-0.4, -0.2) is 37.0 Å². The van der Waals surface area contributed by atoms with Crippen LogP contribution in [0.15, 0.2) is 0 Å². The molecule has 0 aromatic carbocycles. The van der Waals surface area contributed by atoms with E-state index in [1.165, 1.54) is 12.8 Å². The van der Waals surface area contributed by atoms with Gasteiger partial charge in [-0.1, -0.05) is 0 Å². The van der Waals surface area contributed by atoms with Gasteiger partial charge < -0.3 is 16.0 Å². The molecule has 16 heavy (non-hydrogen) atoms. The zero-order chi connectivity index (χ0) is 11.4. The Morgan fingerprint density at radius 2 is 2.31 bits per heavy atom. The molecule has 2 rings (SSSR count). The summed E-state index contributed by atoms with van der Waals surface area (Å²) in [7, 11) is 0. The Labute approximate surface area is 95.3 Å². The molecule has 90 valence electrons. The van der Waals surface area contributed by atoms with Gasteiger partial charge in [-0.25, -0.2) is 0 Å². The fraction of sp³-hybridized carbons (Fsp3) is 0.818. The van der Waals surface area contributed by atoms with E-state index in [0.717, 1.165) is 13.0 Å². The highest BCUT2D eigenvalue weighted by Gasteiger charge is 2.26. The molecule has 5 heteroatoms. The van der Waals surface area contributed by atoms with E-state index in [0.29, 0.717) is 25.4 Å². The minimum absolute atomic E-state index is 0.0161. The highest BCUT2D eigenvalue weighted by molar-refractivity contribution is 5.90. The van der Waals surface area contributed by atoms with Gasteiger partial charge in [-0.05, 0) is 32.2 Å². The molecule has 0 saturated carbocycles. The number of hydrogen-bond acceptors (Lipinski definition) is 3. The maximum absolute atomic E-state index is 11.6. The van der Waals surface area contributed by atoms with Crippen LogP contribution >= 0.6 is 0 Å². The third kappa shape index (κ3) is 2.95. The molecule has 2 aliphatic rings. The van der Waals surface area contributed by atoms with Crippen molar-refractivity contribution in [2.24, 2.45) is 0 Å². The first-order valence-electron chi connectivity index (χ1n) is 6.06. The molecule has 0 bridgehead atoms. The Balaban J connectivity index is 1.61. The summed E-state index contributed by atoms with van der Waals surface area (Å²) in [5.74, 6) is -0.0542. The van der Waals surface area contributed by atoms with E-state index in [2.05, 4.69) is 16.0 Å². The Kier molecular flexibility index (Phi) is 3.77. The highest BCUT2D eigenvalue weighted by Crippen LogP contribution is 2.08. The van der Waals surface area contributed by atoms with Gasteiger partial charge in [0.15, 0.2) is 0 Å². The van der Waals surface area contributed by atoms with Crippen molar-refractivity contribution in [2.75, 3.05) is 13.1 Å². The Morgan fingerprint density at radius 3 is 2.94 bits per heavy atom. The number of carbonyl (C=O) groups excluding carboxylic acids is 2. The van der Waals surface area contributed by atoms with Crippen LogP contribution in [-0.2, 0) is 9.59 Å². The second kappa shape index (κ2) is 5.30. The molecule has 0 aromatic rings. The number of hydrogen-bond donors (Lipinski definition) is 3. The van der Waals surface area contributed by atoms with Crippen molar-refractivity contribution in [2.45, 2.75) is 44.2 Å². The average molecular weight is 225 g/mol. The monoisotopic (exact) mass is 225 g/mol. The molecule has 2 amide bonds. The first-order valence-corrected chi connectivity index (χ1v) is 6.06. The number of nitrogens with one attached hydrogen (secondary N) is 3. The standard InChI is InChI=1S/C11H19N3O2/c15-10-4-3-9(14-10)11(16)13-7-5-8-2-1-6-12-8/h8-9,12H,1-7H2,(H,13,16)(H,14,15)/t8-,9-/m0/s1. The summed E-state index contributed by atoms with van der Waals surface area (Å²) in [5.41, 5.74) is 0. The molecule has 2 aliphatic heterocycles. The molecular formula is C11H19N3O2. The molecule has 2 saturated heterocycles. The number of rotatable bonds is 4. The molecule has 2 fully saturated rings. The van der Waals surface area contributed by atoms with Crippen LogP contribution in [0, 0.1) is 0 Å². The molecule has 2 atom stereocenters. The van der Waals surface area contributed by atoms with E-state index in [-0.39, 0.29) is 17.9 Å². The molecule has 0 unspecified atom stereocenters. The fourth-order valence-electron chi connectivity index (χ4n) is 2.31. The Hall–Kier alpha value is -1.10. The van der Waals surface area contributed by atoms with Gasteiger partial charge >= 0.3 is 0 Å². The van der Waals surface area contributed by atoms with Gasteiger partial charge in [0.05, 0.1) is 0 Å². The van der Waals surface area contributed by atoms with Crippen LogP contribution in [0.4, 0.5) is 0 Å². The van der Waals surface area contributed by atoms with Crippen LogP contribution in [0.25, 0.3) is 0 Å². The lowest BCUT2D eigenvalue weighted by Crippen LogP contribution is -2.42. The molecule has 0 aromatic heterocycles. The lowest BCUT2D eigenvalue weighted by atomic mass is 10.1. The van der Waals surface area contributed by atoms with Gasteiger partial charge in [0.2, 0.25) is 11.8 Å². The third-order valence-corrected chi connectivity index (χ3v) is 3.27. The third-order valence-electron chi connectivity index (χ3n) is 3.27. The SMILES string of the molecule is O=C1CC[C@@H](C(=O)NCC[C@@H]2CCCN2)N1. The summed E-state index contributed by atoms with van der Waals surface area (Å²) in [6, 6.07) is 0.252. The van der Waals surface area contributed by atoms with E-state index in [4.69, 9.17) is 0 Å². The first kappa shape index (κ1) is 11.4. The van der Waals surface area contributed by atoms with Crippen molar-refractivity contribution in [1.82, 2.24) is 16.0 Å². The fourth-order valence-corrected chi connectivity index (χ4v) is 2.31. The first-order chi connectivity index (χ1) is 7.75. The average Bonchev–Trinajstić information content (AvgIpc) is 2.89. The zero-order valence-electron chi connectivity index (χ0n) is 9.42. The predicted octanol–water partition coefficient (Wildman–Crippen LogP) is -0.477. The topological polar surface area (TPSA) is 70.2 Å². The van der Waals surface area contributed by atoms with Gasteiger partial charge in [-0.2, -0.15) is 0 Å². The minimum atomic E-state index is -0.302. The van der Waals surface area contributed by atoms with Gasteiger partial charge in [-0.3, -0.25) is 9.59 Å². The normalized spacial score (nSPS) is 29.1. The van der Waals surface area contributed by atoms with Crippen molar-refractivity contribution < 1.29 is 9.59 Å². The molecule has 2 heterocycles. The molecule has 0 radical (unpaired) electrons. The molecule has 5 nitrogen and oxygen atoms in total. The smallest absolute Gasteiger partial charge is 0.242 e. The van der Waals surface area contributed by atoms with Crippen LogP contribution in [0.3, 0.4) is 0 Å². The van der Waals surface area contributed by atoms with Crippen molar-refractivity contribution in [3.05, 3.63) is 0 Å². The molecular weight excluding hydrogens is 206 g/mol. The van der Waals surface area contributed by atoms with Gasteiger partial charge in [0.25, 0.3) is 0 Å². The van der Waals surface area contributed by atoms with Crippen molar-refractivity contribution in [3.8, 4) is 0 Å². The number of amides is 2. The second-order valence-electron chi connectivity index (χ2n) is 4.53. The lowest BCUT2D eigenvalue weighted by Gasteiger charge is -2.13. The maximum atomic E-state index is 11.6.